The van der Waals surface area contributed by atoms with Crippen LogP contribution in [0.4, 0.5) is 20.2 Å². The van der Waals surface area contributed by atoms with E-state index in [1.54, 1.807) is 14.7 Å². The zero-order valence-corrected chi connectivity index (χ0v) is 33.2. The molecule has 0 bridgehead atoms. The second-order valence-corrected chi connectivity index (χ2v) is 15.5. The number of tetrazole rings is 1. The molecular weight excluding hydrogens is 841 g/mol. The number of nitrogens with zero attached hydrogens (tertiary/aromatic N) is 6. The van der Waals surface area contributed by atoms with Gasteiger partial charge < -0.3 is 0 Å². The molecule has 0 amide bonds. The van der Waals surface area contributed by atoms with Crippen LogP contribution in [-0.4, -0.2) is 62.0 Å². The maximum absolute atomic E-state index is 14.2. The van der Waals surface area contributed by atoms with Crippen molar-refractivity contribution in [1.29, 1.82) is 0 Å². The molecule has 1 N–H and O–H groups in total. The zero-order valence-electron chi connectivity index (χ0n) is 27.9. The fourth-order valence-electron chi connectivity index (χ4n) is 6.77. The summed E-state index contributed by atoms with van der Waals surface area (Å²) in [4.78, 5) is 0. The average Bonchev–Trinajstić information content (AvgIpc) is 3.72. The largest absolute Gasteiger partial charge is 0.270 e. The second-order valence-electron chi connectivity index (χ2n) is 12.6. The van der Waals surface area contributed by atoms with Crippen LogP contribution in [0.25, 0.3) is 22.5 Å². The summed E-state index contributed by atoms with van der Waals surface area (Å²) in [6.45, 7) is 0.945. The number of fused-ring (bicyclic) bond motifs is 1. The van der Waals surface area contributed by atoms with E-state index >= 15 is 0 Å². The number of benzene rings is 5. The Labute approximate surface area is 311 Å². The van der Waals surface area contributed by atoms with E-state index in [0.717, 1.165) is 58.5 Å². The summed E-state index contributed by atoms with van der Waals surface area (Å²) >= 11 is 2.37. The Kier molecular flexibility index (Phi) is 10.0. The van der Waals surface area contributed by atoms with Gasteiger partial charge in [0.2, 0.25) is 0 Å². The molecule has 0 aliphatic carbocycles. The van der Waals surface area contributed by atoms with Crippen molar-refractivity contribution in [3.05, 3.63) is 150 Å². The fourth-order valence-corrected chi connectivity index (χ4v) is 8.45. The molecule has 11 heteroatoms. The first-order chi connectivity index (χ1) is 24.2. The Bertz CT molecular complexity index is 2050. The summed E-state index contributed by atoms with van der Waals surface area (Å²) in [6.07, 6.45) is 1.44. The number of thioether (sulfide) groups is 1. The first-order valence-corrected chi connectivity index (χ1v) is 19.6. The molecule has 0 saturated carbocycles. The van der Waals surface area contributed by atoms with Crippen LogP contribution in [0.1, 0.15) is 35.6 Å². The third-order valence-electron chi connectivity index (χ3n) is 9.18. The van der Waals surface area contributed by atoms with Crippen LogP contribution in [0.2, 0.25) is 0 Å². The first-order valence-electron chi connectivity index (χ1n) is 16.5. The Morgan fingerprint density at radius 2 is 1.42 bits per heavy atom. The molecule has 1 unspecified atom stereocenters. The number of alkyl halides is 2. The fraction of sp³-hybridized carbons (Fsp3) is 0.205. The number of hydrogen-bond donors (Lipinski definition) is 1. The van der Waals surface area contributed by atoms with Crippen LogP contribution < -0.4 is 10.4 Å². The van der Waals surface area contributed by atoms with Crippen LogP contribution in [0.5, 0.6) is 0 Å². The van der Waals surface area contributed by atoms with Gasteiger partial charge in [0.05, 0.1) is 16.9 Å². The minimum atomic E-state index is -2.89. The van der Waals surface area contributed by atoms with E-state index in [-0.39, 0.29) is 5.56 Å². The van der Waals surface area contributed by atoms with E-state index in [1.165, 1.54) is 11.1 Å². The molecule has 1 aliphatic heterocycles. The van der Waals surface area contributed by atoms with E-state index in [0.29, 0.717) is 38.3 Å². The van der Waals surface area contributed by atoms with Crippen molar-refractivity contribution >= 4 is 49.2 Å². The molecule has 0 fully saturated rings. The summed E-state index contributed by atoms with van der Waals surface area (Å²) in [7, 11) is 2.04. The smallest absolute Gasteiger partial charge is 0.202 e. The number of hydrogen-bond acceptors (Lipinski definition) is 7. The average molecular weight is 877 g/mol. The number of hydrazine groups is 2. The van der Waals surface area contributed by atoms with Gasteiger partial charge in [0.1, 0.15) is 0 Å². The maximum Gasteiger partial charge on any atom is 0.270 e. The van der Waals surface area contributed by atoms with Gasteiger partial charge in [-0.05, 0) is 29.7 Å². The molecule has 50 heavy (non-hydrogen) atoms. The van der Waals surface area contributed by atoms with Gasteiger partial charge in [-0.2, -0.15) is 0 Å². The number of nitrogens with one attached hydrogen (secondary N) is 1. The number of para-hydroxylation sites is 2. The van der Waals surface area contributed by atoms with Gasteiger partial charge in [-0.3, -0.25) is 10.4 Å². The van der Waals surface area contributed by atoms with Gasteiger partial charge in [0, 0.05) is 26.0 Å². The SMILES string of the molecule is CN1Nc2ccccc2N1C(CCSCc1ccc(-c2ccccc2-c2nn[n]([Tl])n2)cc1)(Cc1ccc(C(C)(F)F)cc1)c1ccccc1. The van der Waals surface area contributed by atoms with Crippen LogP contribution in [0.15, 0.2) is 127 Å². The molecular formula is C39H36F2N7STl. The minimum absolute atomic E-state index is 0.0223. The number of halogens is 2. The molecule has 2 heterocycles. The maximum atomic E-state index is 14.2. The molecule has 250 valence electrons. The third-order valence-corrected chi connectivity index (χ3v) is 11.1. The van der Waals surface area contributed by atoms with Gasteiger partial charge >= 0.3 is 144 Å². The van der Waals surface area contributed by atoms with E-state index in [1.807, 2.05) is 61.3 Å². The van der Waals surface area contributed by atoms with Gasteiger partial charge in [-0.15, -0.1) is 5.12 Å². The van der Waals surface area contributed by atoms with E-state index in [9.17, 15) is 8.78 Å². The standard InChI is InChI=1S/C39H36F2N7S.Tl/c1-38(40,41)31-22-18-28(19-23-31)26-39(32-10-4-3-5-11-32,48-36-15-9-8-14-35(36)44-47(48)2)24-25-49-27-29-16-20-30(21-17-29)33-12-6-7-13-34(33)37-42-45-46-43-37;/h3-23,44H,24-27H2,1-2H3;/q-1;+1. The molecule has 0 spiro atoms. The minimum Gasteiger partial charge on any atom is -0.202 e. The van der Waals surface area contributed by atoms with E-state index in [4.69, 9.17) is 0 Å². The monoisotopic (exact) mass is 877 g/mol. The van der Waals surface area contributed by atoms with Crippen molar-refractivity contribution in [2.75, 3.05) is 23.2 Å². The molecule has 6 aromatic rings. The Balaban J connectivity index is 1.15. The summed E-state index contributed by atoms with van der Waals surface area (Å²) in [5.41, 5.74) is 11.7. The number of rotatable bonds is 12. The van der Waals surface area contributed by atoms with Crippen molar-refractivity contribution in [2.45, 2.75) is 37.0 Å². The molecule has 0 radical (unpaired) electrons. The van der Waals surface area contributed by atoms with Gasteiger partial charge in [0.15, 0.2) is 0 Å². The summed E-state index contributed by atoms with van der Waals surface area (Å²) in [5.74, 6) is -0.514. The zero-order chi connectivity index (χ0) is 34.7. The van der Waals surface area contributed by atoms with Crippen LogP contribution >= 0.6 is 11.8 Å². The van der Waals surface area contributed by atoms with Crippen molar-refractivity contribution in [1.82, 2.24) is 23.1 Å². The summed E-state index contributed by atoms with van der Waals surface area (Å²) in [6, 6.07) is 42.6. The predicted octanol–water partition coefficient (Wildman–Crippen LogP) is 8.51. The summed E-state index contributed by atoms with van der Waals surface area (Å²) < 4.78 is 30.0. The molecule has 1 atom stereocenters. The normalized spacial score (nSPS) is 14.3. The van der Waals surface area contributed by atoms with Crippen LogP contribution in [0.3, 0.4) is 0 Å². The molecule has 5 aromatic carbocycles. The van der Waals surface area contributed by atoms with Gasteiger partial charge in [-0.25, -0.2) is 8.78 Å². The van der Waals surface area contributed by atoms with E-state index in [2.05, 4.69) is 104 Å². The van der Waals surface area contributed by atoms with Crippen LogP contribution in [0, 0.1) is 0 Å². The van der Waals surface area contributed by atoms with Crippen molar-refractivity contribution < 1.29 is 8.78 Å². The molecule has 0 saturated heterocycles. The Morgan fingerprint density at radius 3 is 2.12 bits per heavy atom. The predicted molar refractivity (Wildman–Crippen MR) is 199 cm³/mol. The molecule has 1 aromatic heterocycles. The van der Waals surface area contributed by atoms with Gasteiger partial charge in [-0.1, -0.05) is 66.7 Å². The second kappa shape index (κ2) is 14.6. The van der Waals surface area contributed by atoms with Gasteiger partial charge in [0.25, 0.3) is 5.92 Å². The number of aromatic nitrogens is 4. The van der Waals surface area contributed by atoms with E-state index < -0.39 is 11.5 Å². The quantitative estimate of drug-likeness (QED) is 0.0978. The van der Waals surface area contributed by atoms with Crippen molar-refractivity contribution in [3.8, 4) is 22.5 Å². The topological polar surface area (TPSA) is 62.1 Å². The first kappa shape index (κ1) is 34.3. The Hall–Kier alpha value is -4.14. The van der Waals surface area contributed by atoms with Crippen molar-refractivity contribution in [2.24, 2.45) is 0 Å². The third kappa shape index (κ3) is 7.19. The van der Waals surface area contributed by atoms with Crippen LogP contribution in [-0.2, 0) is 23.6 Å². The summed E-state index contributed by atoms with van der Waals surface area (Å²) in [5, 5.41) is 17.2. The van der Waals surface area contributed by atoms with Crippen molar-refractivity contribution in [3.63, 3.8) is 0 Å². The number of anilines is 2. The Morgan fingerprint density at radius 1 is 0.760 bits per heavy atom. The molecule has 7 nitrogen and oxygen atoms in total. The molecule has 7 rings (SSSR count). The molecule has 1 aliphatic rings.